The highest BCUT2D eigenvalue weighted by Gasteiger charge is 2.28. The molecule has 4 heteroatoms. The second kappa shape index (κ2) is 8.79. The smallest absolute Gasteiger partial charge is 0.0880 e. The van der Waals surface area contributed by atoms with E-state index in [-0.39, 0.29) is 5.41 Å². The lowest BCUT2D eigenvalue weighted by Gasteiger charge is -2.23. The minimum atomic E-state index is 0.0531. The molecule has 3 heterocycles. The van der Waals surface area contributed by atoms with Crippen LogP contribution in [-0.2, 0) is 5.41 Å². The molecule has 0 saturated carbocycles. The first-order chi connectivity index (χ1) is 15.8. The summed E-state index contributed by atoms with van der Waals surface area (Å²) in [6.45, 7) is 15.5. The van der Waals surface area contributed by atoms with Gasteiger partial charge in [-0.25, -0.2) is 0 Å². The first-order valence-corrected chi connectivity index (χ1v) is 14.4. The standard InChI is InChI=1S/C29H31NS3/c1-7-31-22-9-8-18(15-21(22)29(4,5)6)27-28-20(12-13-30-27)26-24(33-28)11-10-23-25(26)19(16-32-23)14-17(2)3/h7-13,15,17,19H,1,14,16H2,2-6H3. The van der Waals surface area contributed by atoms with E-state index in [4.69, 9.17) is 4.98 Å². The molecule has 1 nitrogen and oxygen atoms in total. The highest BCUT2D eigenvalue weighted by Crippen LogP contribution is 2.50. The molecule has 0 spiro atoms. The van der Waals surface area contributed by atoms with Crippen LogP contribution < -0.4 is 0 Å². The Kier molecular flexibility index (Phi) is 6.13. The van der Waals surface area contributed by atoms with Gasteiger partial charge in [0.15, 0.2) is 0 Å². The quantitative estimate of drug-likeness (QED) is 0.259. The lowest BCUT2D eigenvalue weighted by molar-refractivity contribution is 0.531. The lowest BCUT2D eigenvalue weighted by atomic mass is 9.85. The van der Waals surface area contributed by atoms with Crippen LogP contribution in [0.15, 0.2) is 64.4 Å². The van der Waals surface area contributed by atoms with Crippen molar-refractivity contribution in [3.05, 3.63) is 65.7 Å². The van der Waals surface area contributed by atoms with E-state index in [2.05, 4.69) is 77.6 Å². The van der Waals surface area contributed by atoms with Crippen molar-refractivity contribution >= 4 is 55.0 Å². The highest BCUT2D eigenvalue weighted by molar-refractivity contribution is 8.02. The van der Waals surface area contributed by atoms with Crippen LogP contribution in [0.2, 0.25) is 0 Å². The average molecular weight is 490 g/mol. The van der Waals surface area contributed by atoms with Crippen LogP contribution in [0, 0.1) is 5.92 Å². The van der Waals surface area contributed by atoms with E-state index in [1.54, 1.807) is 17.3 Å². The fraction of sp³-hybridized carbons (Fsp3) is 0.345. The van der Waals surface area contributed by atoms with E-state index in [9.17, 15) is 0 Å². The van der Waals surface area contributed by atoms with Gasteiger partial charge in [-0.3, -0.25) is 4.98 Å². The topological polar surface area (TPSA) is 12.9 Å². The van der Waals surface area contributed by atoms with Crippen LogP contribution in [-0.4, -0.2) is 10.7 Å². The molecular weight excluding hydrogens is 459 g/mol. The summed E-state index contributed by atoms with van der Waals surface area (Å²) < 4.78 is 2.70. The van der Waals surface area contributed by atoms with Gasteiger partial charge in [0.05, 0.1) is 10.4 Å². The van der Waals surface area contributed by atoms with Gasteiger partial charge in [0.1, 0.15) is 0 Å². The summed E-state index contributed by atoms with van der Waals surface area (Å²) in [4.78, 5) is 7.66. The molecule has 2 aromatic carbocycles. The molecule has 2 aromatic heterocycles. The van der Waals surface area contributed by atoms with Crippen LogP contribution in [0.4, 0.5) is 0 Å². The monoisotopic (exact) mass is 489 g/mol. The van der Waals surface area contributed by atoms with Crippen molar-refractivity contribution in [3.63, 3.8) is 0 Å². The van der Waals surface area contributed by atoms with Gasteiger partial charge in [-0.2, -0.15) is 0 Å². The van der Waals surface area contributed by atoms with Crippen LogP contribution >= 0.6 is 34.9 Å². The van der Waals surface area contributed by atoms with Crippen molar-refractivity contribution < 1.29 is 0 Å². The van der Waals surface area contributed by atoms with Gasteiger partial charge < -0.3 is 0 Å². The third kappa shape index (κ3) is 4.15. The van der Waals surface area contributed by atoms with Crippen molar-refractivity contribution in [1.82, 2.24) is 4.98 Å². The van der Waals surface area contributed by atoms with Crippen molar-refractivity contribution in [1.29, 1.82) is 0 Å². The summed E-state index contributed by atoms with van der Waals surface area (Å²) in [5, 5.41) is 4.76. The molecule has 1 aliphatic heterocycles. The average Bonchev–Trinajstić information content (AvgIpc) is 3.34. The Morgan fingerprint density at radius 2 is 2.00 bits per heavy atom. The molecule has 4 aromatic rings. The number of thiophene rings is 1. The number of benzene rings is 2. The summed E-state index contributed by atoms with van der Waals surface area (Å²) in [6.07, 6.45) is 3.26. The third-order valence-electron chi connectivity index (χ3n) is 6.43. The maximum atomic E-state index is 4.91. The Bertz CT molecular complexity index is 1360. The summed E-state index contributed by atoms with van der Waals surface area (Å²) in [5.41, 5.74) is 5.29. The van der Waals surface area contributed by atoms with Gasteiger partial charge in [0, 0.05) is 42.8 Å². The second-order valence-electron chi connectivity index (χ2n) is 10.4. The van der Waals surface area contributed by atoms with Crippen molar-refractivity contribution in [3.8, 4) is 11.3 Å². The predicted octanol–water partition coefficient (Wildman–Crippen LogP) is 9.88. The molecule has 0 fully saturated rings. The molecule has 170 valence electrons. The molecule has 1 aliphatic rings. The summed E-state index contributed by atoms with van der Waals surface area (Å²) in [5.74, 6) is 2.56. The van der Waals surface area contributed by atoms with E-state index in [0.717, 1.165) is 5.69 Å². The summed E-state index contributed by atoms with van der Waals surface area (Å²) in [6, 6.07) is 13.7. The van der Waals surface area contributed by atoms with Crippen LogP contribution in [0.5, 0.6) is 0 Å². The third-order valence-corrected chi connectivity index (χ3v) is 9.62. The van der Waals surface area contributed by atoms with Gasteiger partial charge in [-0.15, -0.1) is 23.1 Å². The molecular formula is C29H31NS3. The number of hydrogen-bond acceptors (Lipinski definition) is 4. The number of thioether (sulfide) groups is 2. The van der Waals surface area contributed by atoms with Crippen molar-refractivity contribution in [2.45, 2.75) is 62.2 Å². The molecule has 0 amide bonds. The largest absolute Gasteiger partial charge is 0.255 e. The van der Waals surface area contributed by atoms with E-state index >= 15 is 0 Å². The molecule has 0 N–H and O–H groups in total. The molecule has 0 radical (unpaired) electrons. The zero-order valence-electron chi connectivity index (χ0n) is 20.1. The molecule has 1 atom stereocenters. The molecule has 0 aliphatic carbocycles. The van der Waals surface area contributed by atoms with Gasteiger partial charge in [-0.05, 0) is 70.5 Å². The first-order valence-electron chi connectivity index (χ1n) is 11.7. The van der Waals surface area contributed by atoms with Gasteiger partial charge in [0.25, 0.3) is 0 Å². The number of fused-ring (bicyclic) bond motifs is 5. The molecule has 1 unspecified atom stereocenters. The fourth-order valence-corrected chi connectivity index (χ4v) is 8.34. The predicted molar refractivity (Wildman–Crippen MR) is 150 cm³/mol. The summed E-state index contributed by atoms with van der Waals surface area (Å²) >= 11 is 5.64. The van der Waals surface area contributed by atoms with Gasteiger partial charge in [0.2, 0.25) is 0 Å². The summed E-state index contributed by atoms with van der Waals surface area (Å²) in [7, 11) is 0. The first kappa shape index (κ1) is 23.0. The van der Waals surface area contributed by atoms with Crippen LogP contribution in [0.25, 0.3) is 31.4 Å². The number of rotatable bonds is 5. The molecule has 33 heavy (non-hydrogen) atoms. The van der Waals surface area contributed by atoms with E-state index in [1.807, 2.05) is 34.7 Å². The Morgan fingerprint density at radius 3 is 2.73 bits per heavy atom. The Balaban J connectivity index is 1.72. The van der Waals surface area contributed by atoms with Gasteiger partial charge >= 0.3 is 0 Å². The van der Waals surface area contributed by atoms with Crippen LogP contribution in [0.1, 0.15) is 58.1 Å². The maximum absolute atomic E-state index is 4.91. The highest BCUT2D eigenvalue weighted by atomic mass is 32.2. The van der Waals surface area contributed by atoms with Gasteiger partial charge in [-0.1, -0.05) is 59.0 Å². The van der Waals surface area contributed by atoms with E-state index < -0.39 is 0 Å². The molecule has 0 saturated heterocycles. The zero-order chi connectivity index (χ0) is 23.3. The lowest BCUT2D eigenvalue weighted by Crippen LogP contribution is -2.12. The Morgan fingerprint density at radius 1 is 1.18 bits per heavy atom. The second-order valence-corrected chi connectivity index (χ2v) is 13.5. The number of aromatic nitrogens is 1. The number of pyridine rings is 1. The van der Waals surface area contributed by atoms with E-state index in [0.29, 0.717) is 11.8 Å². The van der Waals surface area contributed by atoms with Crippen molar-refractivity contribution in [2.24, 2.45) is 5.92 Å². The molecule has 5 rings (SSSR count). The zero-order valence-corrected chi connectivity index (χ0v) is 22.5. The molecule has 0 bridgehead atoms. The van der Waals surface area contributed by atoms with Crippen molar-refractivity contribution in [2.75, 3.05) is 5.75 Å². The fourth-order valence-electron chi connectivity index (χ4n) is 5.02. The van der Waals surface area contributed by atoms with Crippen LogP contribution in [0.3, 0.4) is 0 Å². The number of nitrogens with zero attached hydrogens (tertiary/aromatic N) is 1. The minimum absolute atomic E-state index is 0.0531. The normalized spacial score (nSPS) is 16.1. The SMILES string of the molecule is C=CSc1ccc(-c2nccc3c2sc2ccc4c(c23)C(CC(C)C)CS4)cc1C(C)(C)C. The number of hydrogen-bond donors (Lipinski definition) is 0. The Hall–Kier alpha value is -1.75. The van der Waals surface area contributed by atoms with E-state index in [1.165, 1.54) is 53.3 Å². The maximum Gasteiger partial charge on any atom is 0.0880 e. The minimum Gasteiger partial charge on any atom is -0.255 e. The Labute approximate surface area is 210 Å².